The molecule has 112 valence electrons. The van der Waals surface area contributed by atoms with Crippen LogP contribution in [-0.4, -0.2) is 34.0 Å². The summed E-state index contributed by atoms with van der Waals surface area (Å²) in [5.74, 6) is -0.572. The molecule has 4 heteroatoms. The Kier molecular flexibility index (Phi) is 6.04. The lowest BCUT2D eigenvalue weighted by Crippen LogP contribution is -2.47. The summed E-state index contributed by atoms with van der Waals surface area (Å²) in [4.78, 5) is 24.8. The predicted molar refractivity (Wildman–Crippen MR) is 77.0 cm³/mol. The monoisotopic (exact) mass is 271 g/mol. The number of rotatable bonds is 5. The first-order valence-corrected chi connectivity index (χ1v) is 6.88. The number of carboxylic acid groups (broad SMARTS) is 1. The van der Waals surface area contributed by atoms with Crippen molar-refractivity contribution in [3.8, 4) is 0 Å². The third kappa shape index (κ3) is 6.60. The fraction of sp³-hybridized carbons (Fsp3) is 0.867. The van der Waals surface area contributed by atoms with Crippen LogP contribution in [0.1, 0.15) is 61.3 Å². The van der Waals surface area contributed by atoms with Crippen molar-refractivity contribution in [3.63, 3.8) is 0 Å². The van der Waals surface area contributed by atoms with Gasteiger partial charge in [-0.3, -0.25) is 9.59 Å². The molecule has 0 aliphatic carbocycles. The average molecular weight is 271 g/mol. The fourth-order valence-corrected chi connectivity index (χ4v) is 1.72. The molecule has 0 aliphatic rings. The highest BCUT2D eigenvalue weighted by Gasteiger charge is 2.30. The number of aliphatic carboxylic acids is 1. The van der Waals surface area contributed by atoms with Gasteiger partial charge in [-0.05, 0) is 32.1 Å². The molecule has 0 rings (SSSR count). The van der Waals surface area contributed by atoms with Crippen LogP contribution in [0.4, 0.5) is 0 Å². The van der Waals surface area contributed by atoms with Crippen molar-refractivity contribution in [3.05, 3.63) is 0 Å². The molecule has 0 spiro atoms. The summed E-state index contributed by atoms with van der Waals surface area (Å²) in [5, 5.41) is 8.78. The molecule has 0 aromatic rings. The Morgan fingerprint density at radius 2 is 1.58 bits per heavy atom. The van der Waals surface area contributed by atoms with E-state index >= 15 is 0 Å². The van der Waals surface area contributed by atoms with Crippen LogP contribution in [0, 0.1) is 11.3 Å². The largest absolute Gasteiger partial charge is 0.481 e. The topological polar surface area (TPSA) is 57.6 Å². The van der Waals surface area contributed by atoms with Crippen LogP contribution in [0.3, 0.4) is 0 Å². The summed E-state index contributed by atoms with van der Waals surface area (Å²) in [6, 6.07) is 0. The Hall–Kier alpha value is -1.06. The third-order valence-corrected chi connectivity index (χ3v) is 3.62. The summed E-state index contributed by atoms with van der Waals surface area (Å²) in [5.41, 5.74) is -0.268. The zero-order valence-corrected chi connectivity index (χ0v) is 13.4. The van der Waals surface area contributed by atoms with Crippen molar-refractivity contribution < 1.29 is 14.7 Å². The van der Waals surface area contributed by atoms with Gasteiger partial charge in [0.2, 0.25) is 5.91 Å². The quantitative estimate of drug-likeness (QED) is 0.835. The van der Waals surface area contributed by atoms with E-state index in [0.717, 1.165) is 0 Å². The lowest BCUT2D eigenvalue weighted by molar-refractivity contribution is -0.141. The van der Waals surface area contributed by atoms with Gasteiger partial charge in [0.25, 0.3) is 0 Å². The molecule has 0 aliphatic heterocycles. The summed E-state index contributed by atoms with van der Waals surface area (Å²) in [6.45, 7) is 14.5. The Balaban J connectivity index is 4.78. The lowest BCUT2D eigenvalue weighted by Gasteiger charge is -2.37. The van der Waals surface area contributed by atoms with Gasteiger partial charge in [0.15, 0.2) is 0 Å². The summed E-state index contributed by atoms with van der Waals surface area (Å²) in [6.07, 6.45) is 0.452. The zero-order valence-electron chi connectivity index (χ0n) is 13.4. The summed E-state index contributed by atoms with van der Waals surface area (Å²) in [7, 11) is 0. The first-order valence-electron chi connectivity index (χ1n) is 6.88. The second-order valence-corrected chi connectivity index (χ2v) is 7.33. The maximum atomic E-state index is 12.4. The van der Waals surface area contributed by atoms with Crippen LogP contribution in [-0.2, 0) is 9.59 Å². The van der Waals surface area contributed by atoms with Crippen LogP contribution < -0.4 is 0 Å². The zero-order chi connectivity index (χ0) is 15.4. The number of nitrogens with zero attached hydrogens (tertiary/aromatic N) is 1. The highest BCUT2D eigenvalue weighted by molar-refractivity contribution is 5.78. The van der Waals surface area contributed by atoms with Crippen LogP contribution in [0.15, 0.2) is 0 Å². The molecular weight excluding hydrogens is 242 g/mol. The van der Waals surface area contributed by atoms with E-state index in [4.69, 9.17) is 5.11 Å². The first-order chi connectivity index (χ1) is 8.35. The summed E-state index contributed by atoms with van der Waals surface area (Å²) >= 11 is 0. The molecule has 0 saturated heterocycles. The molecule has 19 heavy (non-hydrogen) atoms. The van der Waals surface area contributed by atoms with Crippen LogP contribution in [0.2, 0.25) is 0 Å². The van der Waals surface area contributed by atoms with Gasteiger partial charge in [0, 0.05) is 18.5 Å². The Labute approximate surface area is 117 Å². The van der Waals surface area contributed by atoms with Crippen molar-refractivity contribution in [2.24, 2.45) is 11.3 Å². The molecule has 1 unspecified atom stereocenters. The number of carboxylic acids is 1. The van der Waals surface area contributed by atoms with E-state index in [-0.39, 0.29) is 35.7 Å². The average Bonchev–Trinajstić information content (AvgIpc) is 2.13. The maximum Gasteiger partial charge on any atom is 0.305 e. The number of carbonyl (C=O) groups is 2. The van der Waals surface area contributed by atoms with E-state index in [0.29, 0.717) is 6.42 Å². The van der Waals surface area contributed by atoms with Crippen molar-refractivity contribution in [2.75, 3.05) is 6.54 Å². The number of hydrogen-bond donors (Lipinski definition) is 1. The van der Waals surface area contributed by atoms with E-state index in [1.165, 1.54) is 0 Å². The van der Waals surface area contributed by atoms with Crippen LogP contribution in [0.5, 0.6) is 0 Å². The number of amides is 1. The van der Waals surface area contributed by atoms with E-state index in [1.807, 2.05) is 20.8 Å². The van der Waals surface area contributed by atoms with Gasteiger partial charge in [-0.2, -0.15) is 0 Å². The maximum absolute atomic E-state index is 12.4. The van der Waals surface area contributed by atoms with Gasteiger partial charge < -0.3 is 10.0 Å². The molecule has 0 bridgehead atoms. The highest BCUT2D eigenvalue weighted by atomic mass is 16.4. The van der Waals surface area contributed by atoms with Gasteiger partial charge in [-0.15, -0.1) is 0 Å². The molecular formula is C15H29NO3. The van der Waals surface area contributed by atoms with Gasteiger partial charge in [0.05, 0.1) is 6.42 Å². The van der Waals surface area contributed by atoms with Crippen LogP contribution >= 0.6 is 0 Å². The second-order valence-electron chi connectivity index (χ2n) is 7.33. The molecule has 1 N–H and O–H groups in total. The molecule has 1 atom stereocenters. The van der Waals surface area contributed by atoms with E-state index < -0.39 is 5.97 Å². The molecule has 0 fully saturated rings. The first kappa shape index (κ1) is 17.9. The fourth-order valence-electron chi connectivity index (χ4n) is 1.72. The minimum Gasteiger partial charge on any atom is -0.481 e. The molecule has 0 radical (unpaired) electrons. The number of hydrogen-bond acceptors (Lipinski definition) is 2. The molecule has 1 amide bonds. The van der Waals surface area contributed by atoms with E-state index in [1.54, 1.807) is 4.90 Å². The lowest BCUT2D eigenvalue weighted by atomic mass is 9.79. The number of carbonyl (C=O) groups excluding carboxylic acids is 1. The second kappa shape index (κ2) is 6.40. The molecule has 0 aromatic carbocycles. The normalized spacial score (nSPS) is 14.1. The minimum atomic E-state index is -0.870. The van der Waals surface area contributed by atoms with Crippen LogP contribution in [0.25, 0.3) is 0 Å². The minimum absolute atomic E-state index is 0.00703. The Morgan fingerprint density at radius 1 is 1.11 bits per heavy atom. The summed E-state index contributed by atoms with van der Waals surface area (Å²) < 4.78 is 0. The van der Waals surface area contributed by atoms with Gasteiger partial charge in [0.1, 0.15) is 0 Å². The molecule has 0 heterocycles. The van der Waals surface area contributed by atoms with Gasteiger partial charge in [-0.25, -0.2) is 0 Å². The smallest absolute Gasteiger partial charge is 0.305 e. The standard InChI is InChI=1S/C15H29NO3/c1-11(14(2,3)4)10-12(17)16(15(5,6)7)9-8-13(18)19/h11H,8-10H2,1-7H3,(H,18,19). The van der Waals surface area contributed by atoms with Crippen molar-refractivity contribution in [1.29, 1.82) is 0 Å². The molecule has 0 aromatic heterocycles. The highest BCUT2D eigenvalue weighted by Crippen LogP contribution is 2.29. The third-order valence-electron chi connectivity index (χ3n) is 3.62. The Bertz CT molecular complexity index is 323. The molecule has 4 nitrogen and oxygen atoms in total. The van der Waals surface area contributed by atoms with Crippen molar-refractivity contribution >= 4 is 11.9 Å². The van der Waals surface area contributed by atoms with E-state index in [2.05, 4.69) is 27.7 Å². The Morgan fingerprint density at radius 3 is 1.89 bits per heavy atom. The van der Waals surface area contributed by atoms with Gasteiger partial charge >= 0.3 is 5.97 Å². The van der Waals surface area contributed by atoms with E-state index in [9.17, 15) is 9.59 Å². The SMILES string of the molecule is CC(CC(=O)N(CCC(=O)O)C(C)(C)C)C(C)(C)C. The predicted octanol–water partition coefficient (Wildman–Crippen LogP) is 3.16. The molecule has 0 saturated carbocycles. The van der Waals surface area contributed by atoms with Crippen molar-refractivity contribution in [2.45, 2.75) is 66.8 Å². The van der Waals surface area contributed by atoms with Crippen molar-refractivity contribution in [1.82, 2.24) is 4.90 Å². The van der Waals surface area contributed by atoms with Gasteiger partial charge in [-0.1, -0.05) is 27.7 Å².